The molecule has 0 amide bonds. The van der Waals surface area contributed by atoms with Crippen molar-refractivity contribution in [3.63, 3.8) is 0 Å². The minimum absolute atomic E-state index is 0. The first-order chi connectivity index (χ1) is 12.1. The molecule has 0 aliphatic heterocycles. The molecule has 0 fully saturated rings. The molecule has 144 valence electrons. The highest BCUT2D eigenvalue weighted by Gasteiger charge is 2.03. The van der Waals surface area contributed by atoms with Crippen molar-refractivity contribution in [2.24, 2.45) is 4.99 Å². The van der Waals surface area contributed by atoms with Crippen LogP contribution in [-0.2, 0) is 19.6 Å². The minimum atomic E-state index is 0. The molecule has 0 saturated carbocycles. The number of hydrogen-bond acceptors (Lipinski definition) is 3. The van der Waals surface area contributed by atoms with E-state index in [4.69, 9.17) is 0 Å². The van der Waals surface area contributed by atoms with Crippen LogP contribution >= 0.6 is 35.3 Å². The molecule has 0 radical (unpaired) electrons. The van der Waals surface area contributed by atoms with Crippen molar-refractivity contribution in [2.75, 3.05) is 20.1 Å². The van der Waals surface area contributed by atoms with Crippen molar-refractivity contribution in [3.8, 4) is 0 Å². The van der Waals surface area contributed by atoms with E-state index in [1.54, 1.807) is 0 Å². The number of thiophene rings is 1. The van der Waals surface area contributed by atoms with Crippen LogP contribution in [0.5, 0.6) is 0 Å². The normalized spacial score (nSPS) is 11.3. The third-order valence-electron chi connectivity index (χ3n) is 4.23. The lowest BCUT2D eigenvalue weighted by molar-refractivity contribution is 0.296. The summed E-state index contributed by atoms with van der Waals surface area (Å²) in [6.45, 7) is 11.3. The summed E-state index contributed by atoms with van der Waals surface area (Å²) in [5.41, 5.74) is 2.63. The Morgan fingerprint density at radius 2 is 1.58 bits per heavy atom. The molecule has 0 aliphatic rings. The Hall–Kier alpha value is -1.12. The van der Waals surface area contributed by atoms with Crippen molar-refractivity contribution in [3.05, 3.63) is 57.3 Å². The van der Waals surface area contributed by atoms with Gasteiger partial charge in [-0.2, -0.15) is 0 Å². The zero-order valence-electron chi connectivity index (χ0n) is 16.2. The second-order valence-electron chi connectivity index (χ2n) is 6.07. The summed E-state index contributed by atoms with van der Waals surface area (Å²) in [5, 5.41) is 6.74. The second kappa shape index (κ2) is 12.3. The van der Waals surface area contributed by atoms with Crippen molar-refractivity contribution < 1.29 is 0 Å². The number of aryl methyl sites for hydroxylation is 1. The highest BCUT2D eigenvalue weighted by molar-refractivity contribution is 14.0. The molecule has 1 heterocycles. The van der Waals surface area contributed by atoms with E-state index in [9.17, 15) is 0 Å². The maximum atomic E-state index is 4.30. The van der Waals surface area contributed by atoms with E-state index in [1.165, 1.54) is 20.9 Å². The van der Waals surface area contributed by atoms with Crippen LogP contribution in [-0.4, -0.2) is 31.0 Å². The molecule has 0 aliphatic carbocycles. The molecule has 26 heavy (non-hydrogen) atoms. The molecule has 6 heteroatoms. The molecule has 2 N–H and O–H groups in total. The Labute approximate surface area is 179 Å². The van der Waals surface area contributed by atoms with Gasteiger partial charge in [-0.3, -0.25) is 9.89 Å². The fourth-order valence-electron chi connectivity index (χ4n) is 2.63. The molecule has 0 bridgehead atoms. The molecule has 1 aromatic carbocycles. The third kappa shape index (κ3) is 7.63. The van der Waals surface area contributed by atoms with Gasteiger partial charge in [-0.1, -0.05) is 38.1 Å². The number of benzene rings is 1. The zero-order valence-corrected chi connectivity index (χ0v) is 19.4. The average Bonchev–Trinajstić information content (AvgIpc) is 3.06. The third-order valence-corrected chi connectivity index (χ3v) is 5.23. The standard InChI is InChI=1S/C20H30N4S.HI/c1-5-24(6-2)15-18-10-8-17(9-11-18)13-22-20(21-4)23-14-19-12-7-16(3)25-19;/h7-12H,5-6,13-15H2,1-4H3,(H2,21,22,23);1H. The van der Waals surface area contributed by atoms with Gasteiger partial charge in [-0.05, 0) is 43.3 Å². The Kier molecular flexibility index (Phi) is 10.8. The summed E-state index contributed by atoms with van der Waals surface area (Å²) in [5.74, 6) is 0.832. The van der Waals surface area contributed by atoms with Gasteiger partial charge in [0.1, 0.15) is 0 Å². The number of halogens is 1. The van der Waals surface area contributed by atoms with Crippen molar-refractivity contribution in [1.29, 1.82) is 0 Å². The fraction of sp³-hybridized carbons (Fsp3) is 0.450. The molecular weight excluding hydrogens is 455 g/mol. The van der Waals surface area contributed by atoms with Gasteiger partial charge in [0.2, 0.25) is 0 Å². The molecular formula is C20H31IN4S. The summed E-state index contributed by atoms with van der Waals surface area (Å²) in [6, 6.07) is 13.1. The molecule has 0 saturated heterocycles. The molecule has 0 unspecified atom stereocenters. The van der Waals surface area contributed by atoms with E-state index in [0.29, 0.717) is 0 Å². The predicted molar refractivity (Wildman–Crippen MR) is 125 cm³/mol. The number of nitrogens with zero attached hydrogens (tertiary/aromatic N) is 2. The lowest BCUT2D eigenvalue weighted by Crippen LogP contribution is -2.36. The zero-order chi connectivity index (χ0) is 18.1. The first-order valence-corrected chi connectivity index (χ1v) is 9.76. The van der Waals surface area contributed by atoms with E-state index < -0.39 is 0 Å². The van der Waals surface area contributed by atoms with Crippen LogP contribution in [0.15, 0.2) is 41.4 Å². The SMILES string of the molecule is CCN(CC)Cc1ccc(CNC(=NC)NCc2ccc(C)s2)cc1.I. The number of nitrogens with one attached hydrogen (secondary N) is 2. The number of guanidine groups is 1. The molecule has 1 aromatic heterocycles. The van der Waals surface area contributed by atoms with E-state index in [2.05, 4.69) is 77.7 Å². The second-order valence-corrected chi connectivity index (χ2v) is 7.44. The number of rotatable bonds is 8. The number of aliphatic imine (C=N–C) groups is 1. The first-order valence-electron chi connectivity index (χ1n) is 8.94. The van der Waals surface area contributed by atoms with Crippen molar-refractivity contribution in [2.45, 2.75) is 40.4 Å². The molecule has 4 nitrogen and oxygen atoms in total. The molecule has 2 aromatic rings. The summed E-state index contributed by atoms with van der Waals surface area (Å²) in [4.78, 5) is 9.38. The number of hydrogen-bond donors (Lipinski definition) is 2. The fourth-order valence-corrected chi connectivity index (χ4v) is 3.46. The van der Waals surface area contributed by atoms with Gasteiger partial charge in [-0.15, -0.1) is 35.3 Å². The average molecular weight is 486 g/mol. The Morgan fingerprint density at radius 3 is 2.12 bits per heavy atom. The monoisotopic (exact) mass is 486 g/mol. The van der Waals surface area contributed by atoms with Crippen molar-refractivity contribution in [1.82, 2.24) is 15.5 Å². The van der Waals surface area contributed by atoms with Gasteiger partial charge >= 0.3 is 0 Å². The van der Waals surface area contributed by atoms with Gasteiger partial charge in [0.05, 0.1) is 6.54 Å². The van der Waals surface area contributed by atoms with E-state index in [0.717, 1.165) is 38.7 Å². The van der Waals surface area contributed by atoms with Crippen LogP contribution in [0, 0.1) is 6.92 Å². The van der Waals surface area contributed by atoms with Gasteiger partial charge < -0.3 is 10.6 Å². The largest absolute Gasteiger partial charge is 0.352 e. The van der Waals surface area contributed by atoms with Crippen LogP contribution in [0.1, 0.15) is 34.7 Å². The van der Waals surface area contributed by atoms with Crippen LogP contribution in [0.4, 0.5) is 0 Å². The van der Waals surface area contributed by atoms with Crippen LogP contribution < -0.4 is 10.6 Å². The Morgan fingerprint density at radius 1 is 0.962 bits per heavy atom. The van der Waals surface area contributed by atoms with E-state index in [1.807, 2.05) is 18.4 Å². The first kappa shape index (κ1) is 22.9. The lowest BCUT2D eigenvalue weighted by Gasteiger charge is -2.18. The van der Waals surface area contributed by atoms with Gasteiger partial charge in [0.25, 0.3) is 0 Å². The summed E-state index contributed by atoms with van der Waals surface area (Å²) in [6.07, 6.45) is 0. The van der Waals surface area contributed by atoms with Crippen LogP contribution in [0.25, 0.3) is 0 Å². The van der Waals surface area contributed by atoms with E-state index in [-0.39, 0.29) is 24.0 Å². The maximum Gasteiger partial charge on any atom is 0.191 e. The quantitative estimate of drug-likeness (QED) is 0.331. The lowest BCUT2D eigenvalue weighted by atomic mass is 10.1. The summed E-state index contributed by atoms with van der Waals surface area (Å²) >= 11 is 1.82. The molecule has 0 atom stereocenters. The summed E-state index contributed by atoms with van der Waals surface area (Å²) in [7, 11) is 1.81. The van der Waals surface area contributed by atoms with Gasteiger partial charge in [0.15, 0.2) is 5.96 Å². The predicted octanol–water partition coefficient (Wildman–Crippen LogP) is 4.38. The Bertz CT molecular complexity index is 663. The van der Waals surface area contributed by atoms with Crippen molar-refractivity contribution >= 4 is 41.3 Å². The van der Waals surface area contributed by atoms with Crippen LogP contribution in [0.3, 0.4) is 0 Å². The van der Waals surface area contributed by atoms with Crippen LogP contribution in [0.2, 0.25) is 0 Å². The molecule has 2 rings (SSSR count). The van der Waals surface area contributed by atoms with Gasteiger partial charge in [-0.25, -0.2) is 0 Å². The highest BCUT2D eigenvalue weighted by atomic mass is 127. The summed E-state index contributed by atoms with van der Waals surface area (Å²) < 4.78 is 0. The van der Waals surface area contributed by atoms with Gasteiger partial charge in [0, 0.05) is 29.9 Å². The van der Waals surface area contributed by atoms with E-state index >= 15 is 0 Å². The topological polar surface area (TPSA) is 39.7 Å². The molecule has 0 spiro atoms. The highest BCUT2D eigenvalue weighted by Crippen LogP contribution is 2.14. The minimum Gasteiger partial charge on any atom is -0.352 e. The smallest absolute Gasteiger partial charge is 0.191 e. The maximum absolute atomic E-state index is 4.30. The Balaban J connectivity index is 0.00000338.